The van der Waals surface area contributed by atoms with E-state index in [9.17, 15) is 31.6 Å². The van der Waals surface area contributed by atoms with E-state index in [1.165, 1.54) is 0 Å². The lowest BCUT2D eigenvalue weighted by atomic mass is 9.86. The first-order valence-electron chi connectivity index (χ1n) is 19.3. The quantitative estimate of drug-likeness (QED) is 0.144. The number of benzene rings is 6. The smallest absolute Gasteiger partial charge is 0.338 e. The van der Waals surface area contributed by atoms with E-state index in [2.05, 4.69) is 49.9 Å². The van der Waals surface area contributed by atoms with E-state index in [0.29, 0.717) is 28.9 Å². The molecule has 1 unspecified atom stereocenters. The number of nitrogens with zero attached hydrogens (tertiary/aromatic N) is 3. The first kappa shape index (κ1) is 40.2. The van der Waals surface area contributed by atoms with Crippen LogP contribution in [0.25, 0.3) is 49.7 Å². The lowest BCUT2D eigenvalue weighted by Gasteiger charge is -2.38. The third kappa shape index (κ3) is 7.21. The number of hydrogen-bond donors (Lipinski definition) is 0. The highest BCUT2D eigenvalue weighted by Gasteiger charge is 2.38. The van der Waals surface area contributed by atoms with Crippen LogP contribution in [0, 0.1) is 38.0 Å². The van der Waals surface area contributed by atoms with Gasteiger partial charge in [-0.25, -0.2) is 0 Å². The fraction of sp³-hybridized carbons (Fsp3) is 0.245. The molecular weight excluding hydrogens is 745 g/mol. The average Bonchev–Trinajstić information content (AvgIpc) is 3.49. The minimum atomic E-state index is -5.07. The predicted molar refractivity (Wildman–Crippen MR) is 223 cm³/mol. The molecule has 1 heterocycles. The molecule has 3 nitrogen and oxygen atoms in total. The molecule has 58 heavy (non-hydrogen) atoms. The number of nitriles is 1. The lowest BCUT2D eigenvalue weighted by molar-refractivity contribution is -0.143. The molecule has 7 rings (SSSR count). The Balaban J connectivity index is 1.71. The first-order chi connectivity index (χ1) is 27.4. The Bertz CT molecular complexity index is 2650. The number of alkyl halides is 6. The molecule has 0 amide bonds. The maximum absolute atomic E-state index is 14.5. The SMILES string of the molecule is CCc1cc(C)ccc1N(c1cccc(-c2cc(C(F)(F)F)cc(C(F)(F)F)c2)c1-c1c(C#N)cccc1-n1c2ccc(C)cc2c2cc(C)ccc21)C(C)C(C)C. The molecule has 0 bridgehead atoms. The number of rotatable bonds is 8. The third-order valence-electron chi connectivity index (χ3n) is 11.2. The molecule has 0 saturated carbocycles. The van der Waals surface area contributed by atoms with Crippen molar-refractivity contribution in [2.75, 3.05) is 4.90 Å². The summed E-state index contributed by atoms with van der Waals surface area (Å²) >= 11 is 0. The fourth-order valence-corrected chi connectivity index (χ4v) is 8.05. The molecule has 9 heteroatoms. The number of halogens is 6. The fourth-order valence-electron chi connectivity index (χ4n) is 8.05. The van der Waals surface area contributed by atoms with Crippen LogP contribution in [-0.2, 0) is 18.8 Å². The topological polar surface area (TPSA) is 32.0 Å². The highest BCUT2D eigenvalue weighted by Crippen LogP contribution is 2.50. The summed E-state index contributed by atoms with van der Waals surface area (Å²) in [6.45, 7) is 14.3. The molecule has 0 radical (unpaired) electrons. The van der Waals surface area contributed by atoms with Crippen LogP contribution < -0.4 is 4.90 Å². The largest absolute Gasteiger partial charge is 0.416 e. The molecule has 1 atom stereocenters. The van der Waals surface area contributed by atoms with Gasteiger partial charge in [0.1, 0.15) is 0 Å². The molecular formula is C49H43F6N3. The number of aromatic nitrogens is 1. The van der Waals surface area contributed by atoms with Crippen LogP contribution in [0.5, 0.6) is 0 Å². The highest BCUT2D eigenvalue weighted by molar-refractivity contribution is 6.11. The molecule has 0 saturated heterocycles. The molecule has 7 aromatic rings. The second-order valence-electron chi connectivity index (χ2n) is 15.5. The summed E-state index contributed by atoms with van der Waals surface area (Å²) < 4.78 is 89.1. The van der Waals surface area contributed by atoms with E-state index in [0.717, 1.165) is 61.9 Å². The molecule has 0 spiro atoms. The second-order valence-corrected chi connectivity index (χ2v) is 15.5. The van der Waals surface area contributed by atoms with Gasteiger partial charge in [-0.1, -0.05) is 79.9 Å². The van der Waals surface area contributed by atoms with Crippen molar-refractivity contribution >= 4 is 33.2 Å². The zero-order valence-electron chi connectivity index (χ0n) is 33.4. The Kier molecular flexibility index (Phi) is 10.4. The van der Waals surface area contributed by atoms with Crippen LogP contribution in [0.2, 0.25) is 0 Å². The summed E-state index contributed by atoms with van der Waals surface area (Å²) in [5.41, 5.74) is 5.70. The van der Waals surface area contributed by atoms with Gasteiger partial charge < -0.3 is 9.47 Å². The maximum atomic E-state index is 14.5. The van der Waals surface area contributed by atoms with Crippen molar-refractivity contribution in [3.8, 4) is 34.0 Å². The zero-order chi connectivity index (χ0) is 41.8. The van der Waals surface area contributed by atoms with Crippen molar-refractivity contribution in [2.45, 2.75) is 73.3 Å². The number of hydrogen-bond acceptors (Lipinski definition) is 2. The average molecular weight is 788 g/mol. The van der Waals surface area contributed by atoms with Gasteiger partial charge in [0.05, 0.1) is 45.2 Å². The van der Waals surface area contributed by atoms with Crippen LogP contribution in [0.15, 0.2) is 109 Å². The Labute approximate surface area is 334 Å². The zero-order valence-corrected chi connectivity index (χ0v) is 33.4. The molecule has 0 N–H and O–H groups in total. The van der Waals surface area contributed by atoms with E-state index >= 15 is 0 Å². The van der Waals surface area contributed by atoms with E-state index in [-0.39, 0.29) is 34.7 Å². The van der Waals surface area contributed by atoms with Crippen LogP contribution in [0.3, 0.4) is 0 Å². The van der Waals surface area contributed by atoms with E-state index in [4.69, 9.17) is 0 Å². The van der Waals surface area contributed by atoms with Crippen molar-refractivity contribution < 1.29 is 26.3 Å². The standard InChI is InChI=1S/C49H43F6N3/c1-8-33-21-29(4)15-18-41(33)57(32(7)28(2)3)45-14-10-12-38(35-24-36(48(50,51)52)26-37(25-35)49(53,54)55)47(45)46-34(27-56)11-9-13-44(46)58-42-19-16-30(5)22-39(42)40-23-31(6)17-20-43(40)58/h9-26,28,32H,8H2,1-7H3. The van der Waals surface area contributed by atoms with E-state index in [1.54, 1.807) is 24.3 Å². The normalized spacial score (nSPS) is 12.7. The van der Waals surface area contributed by atoms with Gasteiger partial charge in [-0.15, -0.1) is 0 Å². The molecule has 6 aromatic carbocycles. The monoisotopic (exact) mass is 787 g/mol. The van der Waals surface area contributed by atoms with Crippen LogP contribution >= 0.6 is 0 Å². The molecule has 0 aliphatic rings. The number of fused-ring (bicyclic) bond motifs is 3. The summed E-state index contributed by atoms with van der Waals surface area (Å²) in [6, 6.07) is 32.5. The minimum Gasteiger partial charge on any atom is -0.338 e. The second kappa shape index (κ2) is 15.1. The Morgan fingerprint density at radius 1 is 0.638 bits per heavy atom. The highest BCUT2D eigenvalue weighted by atomic mass is 19.4. The van der Waals surface area contributed by atoms with Gasteiger partial charge in [0, 0.05) is 33.6 Å². The van der Waals surface area contributed by atoms with Crippen LogP contribution in [0.1, 0.15) is 66.6 Å². The Morgan fingerprint density at radius 2 is 1.19 bits per heavy atom. The number of anilines is 2. The minimum absolute atomic E-state index is 0.0439. The van der Waals surface area contributed by atoms with Gasteiger partial charge in [-0.05, 0) is 123 Å². The van der Waals surface area contributed by atoms with Crippen molar-refractivity contribution in [3.05, 3.63) is 148 Å². The summed E-state index contributed by atoms with van der Waals surface area (Å²) in [4.78, 5) is 2.14. The van der Waals surface area contributed by atoms with Gasteiger partial charge >= 0.3 is 12.4 Å². The van der Waals surface area contributed by atoms with Crippen molar-refractivity contribution in [1.29, 1.82) is 5.26 Å². The van der Waals surface area contributed by atoms with Crippen molar-refractivity contribution in [1.82, 2.24) is 4.57 Å². The van der Waals surface area contributed by atoms with E-state index in [1.807, 2.05) is 80.8 Å². The molecule has 1 aromatic heterocycles. The van der Waals surface area contributed by atoms with Crippen LogP contribution in [-0.4, -0.2) is 10.6 Å². The molecule has 0 aliphatic heterocycles. The van der Waals surface area contributed by atoms with Gasteiger partial charge in [-0.3, -0.25) is 0 Å². The molecule has 0 fully saturated rings. The maximum Gasteiger partial charge on any atom is 0.416 e. The number of aryl methyl sites for hydroxylation is 4. The predicted octanol–water partition coefficient (Wildman–Crippen LogP) is 14.7. The summed E-state index contributed by atoms with van der Waals surface area (Å²) in [6.07, 6.45) is -9.48. The van der Waals surface area contributed by atoms with Gasteiger partial charge in [0.15, 0.2) is 0 Å². The Hall–Kier alpha value is -6.01. The summed E-state index contributed by atoms with van der Waals surface area (Å²) in [5.74, 6) is 0.0439. The lowest BCUT2D eigenvalue weighted by Crippen LogP contribution is -2.34. The van der Waals surface area contributed by atoms with Gasteiger partial charge in [0.25, 0.3) is 0 Å². The van der Waals surface area contributed by atoms with Gasteiger partial charge in [-0.2, -0.15) is 31.6 Å². The summed E-state index contributed by atoms with van der Waals surface area (Å²) in [7, 11) is 0. The van der Waals surface area contributed by atoms with E-state index < -0.39 is 23.5 Å². The Morgan fingerprint density at radius 3 is 1.72 bits per heavy atom. The molecule has 0 aliphatic carbocycles. The van der Waals surface area contributed by atoms with Crippen molar-refractivity contribution in [2.24, 2.45) is 5.92 Å². The first-order valence-corrected chi connectivity index (χ1v) is 19.3. The summed E-state index contributed by atoms with van der Waals surface area (Å²) in [5, 5.41) is 12.9. The van der Waals surface area contributed by atoms with Crippen molar-refractivity contribution in [3.63, 3.8) is 0 Å². The van der Waals surface area contributed by atoms with Crippen LogP contribution in [0.4, 0.5) is 37.7 Å². The molecule has 296 valence electrons. The third-order valence-corrected chi connectivity index (χ3v) is 11.2. The van der Waals surface area contributed by atoms with Gasteiger partial charge in [0.2, 0.25) is 0 Å².